The lowest BCUT2D eigenvalue weighted by Gasteiger charge is -2.05. The fourth-order valence-electron chi connectivity index (χ4n) is 1.27. The Morgan fingerprint density at radius 2 is 2.21 bits per heavy atom. The van der Waals surface area contributed by atoms with Crippen molar-refractivity contribution in [1.82, 2.24) is 4.98 Å². The summed E-state index contributed by atoms with van der Waals surface area (Å²) >= 11 is 0. The van der Waals surface area contributed by atoms with Crippen LogP contribution in [0.1, 0.15) is 32.6 Å². The summed E-state index contributed by atoms with van der Waals surface area (Å²) in [7, 11) is 0. The van der Waals surface area contributed by atoms with Crippen LogP contribution in [0.3, 0.4) is 0 Å². The van der Waals surface area contributed by atoms with Gasteiger partial charge in [0.25, 0.3) is 0 Å². The standard InChI is InChI=1S/C11H17FN2/c1-2-3-4-5-8-13-11-10(12)7-6-9-14-11/h6-7,9H,2-5,8H2,1H3,(H,13,14). The number of pyridine rings is 1. The minimum absolute atomic E-state index is 0.275. The van der Waals surface area contributed by atoms with E-state index >= 15 is 0 Å². The molecule has 0 aromatic carbocycles. The van der Waals surface area contributed by atoms with Crippen LogP contribution >= 0.6 is 0 Å². The molecule has 0 unspecified atom stereocenters. The summed E-state index contributed by atoms with van der Waals surface area (Å²) in [4.78, 5) is 3.91. The van der Waals surface area contributed by atoms with Crippen molar-refractivity contribution in [2.45, 2.75) is 32.6 Å². The maximum absolute atomic E-state index is 13.0. The number of hydrogen-bond donors (Lipinski definition) is 1. The zero-order valence-corrected chi connectivity index (χ0v) is 8.59. The summed E-state index contributed by atoms with van der Waals surface area (Å²) in [6.07, 6.45) is 6.32. The molecule has 0 spiro atoms. The zero-order chi connectivity index (χ0) is 10.2. The van der Waals surface area contributed by atoms with Crippen LogP contribution in [0.4, 0.5) is 10.2 Å². The van der Waals surface area contributed by atoms with E-state index in [9.17, 15) is 4.39 Å². The highest BCUT2D eigenvalue weighted by Gasteiger charge is 1.99. The predicted octanol–water partition coefficient (Wildman–Crippen LogP) is 3.21. The second-order valence-electron chi connectivity index (χ2n) is 3.32. The normalized spacial score (nSPS) is 10.1. The highest BCUT2D eigenvalue weighted by molar-refractivity contribution is 5.35. The lowest BCUT2D eigenvalue weighted by molar-refractivity contribution is 0.621. The molecule has 0 saturated carbocycles. The first-order valence-corrected chi connectivity index (χ1v) is 5.19. The first-order valence-electron chi connectivity index (χ1n) is 5.19. The third-order valence-corrected chi connectivity index (χ3v) is 2.08. The first-order chi connectivity index (χ1) is 6.84. The van der Waals surface area contributed by atoms with Gasteiger partial charge < -0.3 is 5.32 Å². The summed E-state index contributed by atoms with van der Waals surface area (Å²) in [5.74, 6) is 0.0898. The van der Waals surface area contributed by atoms with Gasteiger partial charge in [0.1, 0.15) is 0 Å². The van der Waals surface area contributed by atoms with E-state index in [-0.39, 0.29) is 5.82 Å². The van der Waals surface area contributed by atoms with Crippen molar-refractivity contribution in [3.05, 3.63) is 24.1 Å². The van der Waals surface area contributed by atoms with Crippen molar-refractivity contribution in [2.24, 2.45) is 0 Å². The molecule has 1 aromatic heterocycles. The number of halogens is 1. The van der Waals surface area contributed by atoms with Gasteiger partial charge in [0, 0.05) is 12.7 Å². The Morgan fingerprint density at radius 3 is 2.93 bits per heavy atom. The number of anilines is 1. The van der Waals surface area contributed by atoms with Crippen molar-refractivity contribution in [3.8, 4) is 0 Å². The van der Waals surface area contributed by atoms with Gasteiger partial charge in [-0.15, -0.1) is 0 Å². The highest BCUT2D eigenvalue weighted by atomic mass is 19.1. The predicted molar refractivity (Wildman–Crippen MR) is 56.8 cm³/mol. The molecule has 2 nitrogen and oxygen atoms in total. The molecule has 0 amide bonds. The summed E-state index contributed by atoms with van der Waals surface area (Å²) in [5.41, 5.74) is 0. The molecular weight excluding hydrogens is 179 g/mol. The van der Waals surface area contributed by atoms with Crippen LogP contribution in [0.15, 0.2) is 18.3 Å². The van der Waals surface area contributed by atoms with E-state index in [1.54, 1.807) is 12.3 Å². The zero-order valence-electron chi connectivity index (χ0n) is 8.59. The van der Waals surface area contributed by atoms with E-state index < -0.39 is 0 Å². The van der Waals surface area contributed by atoms with E-state index in [0.29, 0.717) is 5.82 Å². The largest absolute Gasteiger partial charge is 0.368 e. The summed E-state index contributed by atoms with van der Waals surface area (Å²) in [5, 5.41) is 2.99. The molecule has 0 aliphatic rings. The van der Waals surface area contributed by atoms with Gasteiger partial charge in [-0.2, -0.15) is 0 Å². The van der Waals surface area contributed by atoms with Gasteiger partial charge in [-0.3, -0.25) is 0 Å². The molecule has 14 heavy (non-hydrogen) atoms. The minimum atomic E-state index is -0.275. The van der Waals surface area contributed by atoms with Crippen molar-refractivity contribution in [2.75, 3.05) is 11.9 Å². The second-order valence-corrected chi connectivity index (χ2v) is 3.32. The van der Waals surface area contributed by atoms with Crippen LogP contribution in [-0.2, 0) is 0 Å². The fourth-order valence-corrected chi connectivity index (χ4v) is 1.27. The molecule has 0 aliphatic heterocycles. The third-order valence-electron chi connectivity index (χ3n) is 2.08. The Bertz CT molecular complexity index is 263. The molecule has 3 heteroatoms. The topological polar surface area (TPSA) is 24.9 Å². The van der Waals surface area contributed by atoms with Crippen molar-refractivity contribution in [3.63, 3.8) is 0 Å². The lowest BCUT2D eigenvalue weighted by Crippen LogP contribution is -2.04. The molecule has 0 radical (unpaired) electrons. The van der Waals surface area contributed by atoms with Gasteiger partial charge >= 0.3 is 0 Å². The molecule has 78 valence electrons. The Morgan fingerprint density at radius 1 is 1.36 bits per heavy atom. The van der Waals surface area contributed by atoms with Gasteiger partial charge in [0.2, 0.25) is 0 Å². The quantitative estimate of drug-likeness (QED) is 0.707. The van der Waals surface area contributed by atoms with Crippen LogP contribution < -0.4 is 5.32 Å². The molecule has 0 saturated heterocycles. The molecule has 1 heterocycles. The highest BCUT2D eigenvalue weighted by Crippen LogP contribution is 2.08. The van der Waals surface area contributed by atoms with E-state index in [1.165, 1.54) is 25.3 Å². The number of aromatic nitrogens is 1. The Balaban J connectivity index is 2.21. The number of unbranched alkanes of at least 4 members (excludes halogenated alkanes) is 3. The molecule has 0 fully saturated rings. The van der Waals surface area contributed by atoms with Crippen molar-refractivity contribution in [1.29, 1.82) is 0 Å². The summed E-state index contributed by atoms with van der Waals surface area (Å²) in [6, 6.07) is 3.01. The Hall–Kier alpha value is -1.12. The van der Waals surface area contributed by atoms with Gasteiger partial charge in [0.05, 0.1) is 0 Å². The second kappa shape index (κ2) is 6.35. The average molecular weight is 196 g/mol. The third kappa shape index (κ3) is 3.73. The fraction of sp³-hybridized carbons (Fsp3) is 0.545. The molecular formula is C11H17FN2. The Kier molecular flexibility index (Phi) is 4.97. The number of nitrogens with zero attached hydrogens (tertiary/aromatic N) is 1. The van der Waals surface area contributed by atoms with Crippen LogP contribution in [0.5, 0.6) is 0 Å². The van der Waals surface area contributed by atoms with Crippen LogP contribution in [0.25, 0.3) is 0 Å². The lowest BCUT2D eigenvalue weighted by atomic mass is 10.2. The molecule has 0 bridgehead atoms. The van der Waals surface area contributed by atoms with Crippen LogP contribution in [-0.4, -0.2) is 11.5 Å². The molecule has 1 N–H and O–H groups in total. The van der Waals surface area contributed by atoms with E-state index in [4.69, 9.17) is 0 Å². The Labute approximate surface area is 84.6 Å². The SMILES string of the molecule is CCCCCCNc1ncccc1F. The maximum atomic E-state index is 13.0. The van der Waals surface area contributed by atoms with Gasteiger partial charge in [-0.1, -0.05) is 26.2 Å². The van der Waals surface area contributed by atoms with Gasteiger partial charge in [-0.05, 0) is 18.6 Å². The van der Waals surface area contributed by atoms with Gasteiger partial charge in [-0.25, -0.2) is 9.37 Å². The molecule has 1 aromatic rings. The van der Waals surface area contributed by atoms with E-state index in [2.05, 4.69) is 17.2 Å². The molecule has 1 rings (SSSR count). The first kappa shape index (κ1) is 11.0. The van der Waals surface area contributed by atoms with Gasteiger partial charge in [0.15, 0.2) is 11.6 Å². The minimum Gasteiger partial charge on any atom is -0.368 e. The molecule has 0 aliphatic carbocycles. The average Bonchev–Trinajstić information content (AvgIpc) is 2.20. The number of nitrogens with one attached hydrogen (secondary N) is 1. The number of rotatable bonds is 6. The van der Waals surface area contributed by atoms with E-state index in [0.717, 1.165) is 13.0 Å². The summed E-state index contributed by atoms with van der Waals surface area (Å²) < 4.78 is 13.0. The molecule has 0 atom stereocenters. The van der Waals surface area contributed by atoms with E-state index in [1.807, 2.05) is 0 Å². The van der Waals surface area contributed by atoms with Crippen molar-refractivity contribution >= 4 is 5.82 Å². The summed E-state index contributed by atoms with van der Waals surface area (Å²) in [6.45, 7) is 2.97. The monoisotopic (exact) mass is 196 g/mol. The van der Waals surface area contributed by atoms with Crippen LogP contribution in [0.2, 0.25) is 0 Å². The maximum Gasteiger partial charge on any atom is 0.165 e. The van der Waals surface area contributed by atoms with Crippen molar-refractivity contribution < 1.29 is 4.39 Å². The smallest absolute Gasteiger partial charge is 0.165 e. The number of hydrogen-bond acceptors (Lipinski definition) is 2. The van der Waals surface area contributed by atoms with Crippen LogP contribution in [0, 0.1) is 5.82 Å².